The van der Waals surface area contributed by atoms with Crippen LogP contribution < -0.4 is 0 Å². The Hall–Kier alpha value is -1.35. The molecule has 0 saturated heterocycles. The van der Waals surface area contributed by atoms with E-state index in [-0.39, 0.29) is 12.4 Å². The average Bonchev–Trinajstić information content (AvgIpc) is 2.61. The topological polar surface area (TPSA) is 46.5 Å². The Morgan fingerprint density at radius 3 is 2.07 bits per heavy atom. The summed E-state index contributed by atoms with van der Waals surface area (Å²) >= 11 is 0. The van der Waals surface area contributed by atoms with Crippen molar-refractivity contribution in [3.05, 3.63) is 35.4 Å². The molecule has 0 fully saturated rings. The van der Waals surface area contributed by atoms with Gasteiger partial charge in [-0.05, 0) is 51.2 Å². The number of aryl methyl sites for hydroxylation is 1. The van der Waals surface area contributed by atoms with Crippen molar-refractivity contribution in [3.63, 3.8) is 0 Å². The second-order valence-electron chi connectivity index (χ2n) is 9.40. The van der Waals surface area contributed by atoms with E-state index in [1.54, 1.807) is 0 Å². The van der Waals surface area contributed by atoms with Gasteiger partial charge in [0, 0.05) is 0 Å². The molecule has 0 heterocycles. The van der Waals surface area contributed by atoms with E-state index in [1.165, 1.54) is 69.8 Å². The van der Waals surface area contributed by atoms with E-state index in [4.69, 9.17) is 4.74 Å². The molecular weight excluding hydrogens is 360 g/mol. The van der Waals surface area contributed by atoms with Crippen LogP contribution in [0, 0.1) is 0 Å². The Bertz CT molecular complexity index is 559. The zero-order chi connectivity index (χ0) is 21.5. The third-order valence-electron chi connectivity index (χ3n) is 5.10. The van der Waals surface area contributed by atoms with Gasteiger partial charge in [0.1, 0.15) is 5.60 Å². The van der Waals surface area contributed by atoms with Gasteiger partial charge in [0.15, 0.2) is 0 Å². The van der Waals surface area contributed by atoms with Gasteiger partial charge < -0.3 is 9.84 Å². The van der Waals surface area contributed by atoms with E-state index in [0.29, 0.717) is 6.42 Å². The Labute approximate surface area is 179 Å². The van der Waals surface area contributed by atoms with Gasteiger partial charge in [-0.3, -0.25) is 4.79 Å². The van der Waals surface area contributed by atoms with E-state index in [9.17, 15) is 9.90 Å². The average molecular weight is 405 g/mol. The minimum absolute atomic E-state index is 0.0416. The lowest BCUT2D eigenvalue weighted by atomic mass is 9.99. The number of rotatable bonds is 15. The molecule has 1 N–H and O–H groups in total. The van der Waals surface area contributed by atoms with Crippen molar-refractivity contribution in [2.45, 2.75) is 123 Å². The summed E-state index contributed by atoms with van der Waals surface area (Å²) in [6, 6.07) is 8.42. The van der Waals surface area contributed by atoms with Crippen molar-refractivity contribution in [1.29, 1.82) is 0 Å². The Balaban J connectivity index is 2.21. The molecule has 3 heteroatoms. The van der Waals surface area contributed by atoms with E-state index in [1.807, 2.05) is 26.8 Å². The molecule has 0 radical (unpaired) electrons. The highest BCUT2D eigenvalue weighted by atomic mass is 16.6. The maximum absolute atomic E-state index is 11.9. The second kappa shape index (κ2) is 14.6. The highest BCUT2D eigenvalue weighted by molar-refractivity contribution is 5.70. The molecule has 0 bridgehead atoms. The van der Waals surface area contributed by atoms with Crippen molar-refractivity contribution in [2.75, 3.05) is 0 Å². The number of carbonyl (C=O) groups is 1. The number of aliphatic hydroxyl groups excluding tert-OH is 1. The number of esters is 1. The van der Waals surface area contributed by atoms with Crippen LogP contribution in [-0.2, 0) is 22.4 Å². The van der Waals surface area contributed by atoms with Crippen LogP contribution in [0.2, 0.25) is 0 Å². The molecular formula is C26H44O3. The molecule has 0 aliphatic carbocycles. The summed E-state index contributed by atoms with van der Waals surface area (Å²) in [5.41, 5.74) is 1.91. The maximum Gasteiger partial charge on any atom is 0.308 e. The van der Waals surface area contributed by atoms with Gasteiger partial charge in [0.25, 0.3) is 0 Å². The van der Waals surface area contributed by atoms with Crippen LogP contribution in [-0.4, -0.2) is 22.8 Å². The Morgan fingerprint density at radius 2 is 1.48 bits per heavy atom. The summed E-state index contributed by atoms with van der Waals surface area (Å²) in [6.45, 7) is 7.79. The summed E-state index contributed by atoms with van der Waals surface area (Å²) < 4.78 is 5.29. The smallest absolute Gasteiger partial charge is 0.308 e. The molecule has 0 spiro atoms. The lowest BCUT2D eigenvalue weighted by Crippen LogP contribution is -2.27. The highest BCUT2D eigenvalue weighted by Gasteiger charge is 2.19. The van der Waals surface area contributed by atoms with E-state index >= 15 is 0 Å². The fraction of sp³-hybridized carbons (Fsp3) is 0.731. The molecule has 0 aromatic heterocycles. The number of aliphatic hydroxyl groups is 1. The van der Waals surface area contributed by atoms with Crippen LogP contribution in [0.25, 0.3) is 0 Å². The van der Waals surface area contributed by atoms with E-state index < -0.39 is 11.7 Å². The Morgan fingerprint density at radius 1 is 0.931 bits per heavy atom. The molecule has 0 aliphatic heterocycles. The van der Waals surface area contributed by atoms with Gasteiger partial charge in [0.2, 0.25) is 0 Å². The number of ether oxygens (including phenoxy) is 1. The van der Waals surface area contributed by atoms with Gasteiger partial charge in [-0.15, -0.1) is 0 Å². The monoisotopic (exact) mass is 404 g/mol. The SMILES string of the molecule is CCCCCCCCCCCCc1cccc(CC(O)CC(=O)OC(C)(C)C)c1. The van der Waals surface area contributed by atoms with Gasteiger partial charge in [-0.2, -0.15) is 0 Å². The highest BCUT2D eigenvalue weighted by Crippen LogP contribution is 2.16. The van der Waals surface area contributed by atoms with Crippen molar-refractivity contribution in [1.82, 2.24) is 0 Å². The summed E-state index contributed by atoms with van der Waals surface area (Å²) in [5, 5.41) is 10.2. The zero-order valence-corrected chi connectivity index (χ0v) is 19.3. The normalized spacial score (nSPS) is 12.7. The summed E-state index contributed by atoms with van der Waals surface area (Å²) in [6.07, 6.45) is 14.4. The lowest BCUT2D eigenvalue weighted by molar-refractivity contribution is -0.157. The number of hydrogen-bond donors (Lipinski definition) is 1. The van der Waals surface area contributed by atoms with Crippen LogP contribution in [0.15, 0.2) is 24.3 Å². The van der Waals surface area contributed by atoms with Gasteiger partial charge in [-0.25, -0.2) is 0 Å². The minimum Gasteiger partial charge on any atom is -0.460 e. The number of carbonyl (C=O) groups excluding carboxylic acids is 1. The quantitative estimate of drug-likeness (QED) is 0.259. The Kier molecular flexibility index (Phi) is 12.9. The first-order valence-corrected chi connectivity index (χ1v) is 11.8. The zero-order valence-electron chi connectivity index (χ0n) is 19.3. The van der Waals surface area contributed by atoms with E-state index in [2.05, 4.69) is 25.1 Å². The fourth-order valence-electron chi connectivity index (χ4n) is 3.65. The van der Waals surface area contributed by atoms with Crippen LogP contribution in [0.4, 0.5) is 0 Å². The van der Waals surface area contributed by atoms with Gasteiger partial charge in [-0.1, -0.05) is 89.0 Å². The van der Waals surface area contributed by atoms with Crippen molar-refractivity contribution >= 4 is 5.97 Å². The third-order valence-corrected chi connectivity index (χ3v) is 5.10. The first kappa shape index (κ1) is 25.7. The molecule has 0 aliphatic rings. The predicted molar refractivity (Wildman–Crippen MR) is 122 cm³/mol. The molecule has 0 saturated carbocycles. The molecule has 1 rings (SSSR count). The fourth-order valence-corrected chi connectivity index (χ4v) is 3.65. The van der Waals surface area contributed by atoms with Gasteiger partial charge in [0.05, 0.1) is 12.5 Å². The first-order chi connectivity index (χ1) is 13.8. The standard InChI is InChI=1S/C26H44O3/c1-5-6-7-8-9-10-11-12-13-14-16-22-17-15-18-23(19-22)20-24(27)21-25(28)29-26(2,3)4/h15,17-19,24,27H,5-14,16,20-21H2,1-4H3. The maximum atomic E-state index is 11.9. The number of hydrogen-bond acceptors (Lipinski definition) is 3. The van der Waals surface area contributed by atoms with Crippen LogP contribution >= 0.6 is 0 Å². The lowest BCUT2D eigenvalue weighted by Gasteiger charge is -2.20. The largest absolute Gasteiger partial charge is 0.460 e. The number of unbranched alkanes of at least 4 members (excludes halogenated alkanes) is 9. The van der Waals surface area contributed by atoms with E-state index in [0.717, 1.165) is 12.0 Å². The molecule has 1 aromatic rings. The van der Waals surface area contributed by atoms with Crippen molar-refractivity contribution in [2.24, 2.45) is 0 Å². The molecule has 3 nitrogen and oxygen atoms in total. The van der Waals surface area contributed by atoms with Crippen molar-refractivity contribution < 1.29 is 14.6 Å². The predicted octanol–water partition coefficient (Wildman–Crippen LogP) is 6.79. The number of benzene rings is 1. The van der Waals surface area contributed by atoms with Crippen LogP contribution in [0.3, 0.4) is 0 Å². The third kappa shape index (κ3) is 14.3. The first-order valence-electron chi connectivity index (χ1n) is 11.8. The molecule has 1 aromatic carbocycles. The molecule has 29 heavy (non-hydrogen) atoms. The summed E-state index contributed by atoms with van der Waals surface area (Å²) in [4.78, 5) is 11.9. The summed E-state index contributed by atoms with van der Waals surface area (Å²) in [7, 11) is 0. The molecule has 1 unspecified atom stereocenters. The molecule has 0 amide bonds. The second-order valence-corrected chi connectivity index (χ2v) is 9.40. The van der Waals surface area contributed by atoms with Crippen LogP contribution in [0.1, 0.15) is 109 Å². The van der Waals surface area contributed by atoms with Crippen molar-refractivity contribution in [3.8, 4) is 0 Å². The van der Waals surface area contributed by atoms with Crippen LogP contribution in [0.5, 0.6) is 0 Å². The summed E-state index contributed by atoms with van der Waals surface area (Å²) in [5.74, 6) is -0.341. The molecule has 1 atom stereocenters. The van der Waals surface area contributed by atoms with Gasteiger partial charge >= 0.3 is 5.97 Å². The molecule has 166 valence electrons. The minimum atomic E-state index is -0.697.